The molecule has 0 heterocycles. The summed E-state index contributed by atoms with van der Waals surface area (Å²) >= 11 is 0. The highest BCUT2D eigenvalue weighted by Gasteiger charge is 2.36. The van der Waals surface area contributed by atoms with Crippen LogP contribution in [0.2, 0.25) is 6.04 Å². The Hall–Kier alpha value is -0.763. The molecule has 0 saturated carbocycles. The van der Waals surface area contributed by atoms with Crippen LogP contribution in [0.5, 0.6) is 0 Å². The first-order chi connectivity index (χ1) is 11.3. The number of rotatable bonds is 14. The molecule has 1 aromatic rings. The zero-order chi connectivity index (χ0) is 16.8. The summed E-state index contributed by atoms with van der Waals surface area (Å²) in [6.07, 6.45) is 3.24. The van der Waals surface area contributed by atoms with Crippen LogP contribution in [0, 0.1) is 0 Å². The van der Waals surface area contributed by atoms with Gasteiger partial charge in [0.2, 0.25) is 0 Å². The van der Waals surface area contributed by atoms with Crippen molar-refractivity contribution < 1.29 is 13.3 Å². The largest absolute Gasteiger partial charge is 0.500 e. The Bertz CT molecular complexity index is 380. The van der Waals surface area contributed by atoms with Crippen molar-refractivity contribution in [2.45, 2.75) is 25.3 Å². The van der Waals surface area contributed by atoms with Crippen molar-refractivity contribution in [3.8, 4) is 0 Å². The number of benzene rings is 1. The standard InChI is InChI=1S/C17H32N2O3Si/c1-20-23(21-2,22-3)16-8-7-12-18-14-15-19-13-11-17-9-5-4-6-10-17/h4-6,9-10,18-19H,7-8,11-16H2,1-3H3. The highest BCUT2D eigenvalue weighted by Crippen LogP contribution is 2.15. The molecule has 23 heavy (non-hydrogen) atoms. The first kappa shape index (κ1) is 20.3. The summed E-state index contributed by atoms with van der Waals surface area (Å²) in [4.78, 5) is 0. The van der Waals surface area contributed by atoms with Gasteiger partial charge in [0.25, 0.3) is 0 Å². The molecule has 0 unspecified atom stereocenters. The maximum absolute atomic E-state index is 5.41. The second-order valence-corrected chi connectivity index (χ2v) is 8.58. The average Bonchev–Trinajstić information content (AvgIpc) is 2.61. The highest BCUT2D eigenvalue weighted by molar-refractivity contribution is 6.60. The molecule has 1 rings (SSSR count). The van der Waals surface area contributed by atoms with Crippen molar-refractivity contribution in [2.75, 3.05) is 47.5 Å². The molecule has 0 aromatic heterocycles. The first-order valence-electron chi connectivity index (χ1n) is 8.37. The molecule has 0 radical (unpaired) electrons. The van der Waals surface area contributed by atoms with Crippen molar-refractivity contribution in [3.05, 3.63) is 35.9 Å². The van der Waals surface area contributed by atoms with Gasteiger partial charge in [-0.25, -0.2) is 0 Å². The van der Waals surface area contributed by atoms with E-state index in [1.54, 1.807) is 21.3 Å². The van der Waals surface area contributed by atoms with E-state index in [1.165, 1.54) is 5.56 Å². The van der Waals surface area contributed by atoms with E-state index in [9.17, 15) is 0 Å². The van der Waals surface area contributed by atoms with Crippen molar-refractivity contribution in [2.24, 2.45) is 0 Å². The quantitative estimate of drug-likeness (QED) is 0.401. The lowest BCUT2D eigenvalue weighted by molar-refractivity contribution is 0.123. The van der Waals surface area contributed by atoms with E-state index in [1.807, 2.05) is 0 Å². The van der Waals surface area contributed by atoms with Crippen LogP contribution < -0.4 is 10.6 Å². The normalized spacial score (nSPS) is 11.8. The van der Waals surface area contributed by atoms with Crippen LogP contribution >= 0.6 is 0 Å². The van der Waals surface area contributed by atoms with Crippen LogP contribution in [-0.2, 0) is 19.7 Å². The van der Waals surface area contributed by atoms with Gasteiger partial charge >= 0.3 is 8.80 Å². The fourth-order valence-electron chi connectivity index (χ4n) is 2.45. The van der Waals surface area contributed by atoms with Gasteiger partial charge < -0.3 is 23.9 Å². The van der Waals surface area contributed by atoms with Crippen LogP contribution in [0.15, 0.2) is 30.3 Å². The molecule has 0 fully saturated rings. The van der Waals surface area contributed by atoms with Gasteiger partial charge in [0, 0.05) is 40.5 Å². The Morgan fingerprint density at radius 3 is 2.00 bits per heavy atom. The summed E-state index contributed by atoms with van der Waals surface area (Å²) in [5.41, 5.74) is 1.38. The summed E-state index contributed by atoms with van der Waals surface area (Å²) in [6, 6.07) is 11.4. The molecule has 0 amide bonds. The maximum atomic E-state index is 5.41. The molecule has 0 bridgehead atoms. The predicted octanol–water partition coefficient (Wildman–Crippen LogP) is 2.07. The Kier molecular flexibility index (Phi) is 11.1. The zero-order valence-corrected chi connectivity index (χ0v) is 15.8. The molecule has 0 aliphatic carbocycles. The molecule has 0 saturated heterocycles. The Morgan fingerprint density at radius 2 is 1.39 bits per heavy atom. The second-order valence-electron chi connectivity index (χ2n) is 5.49. The van der Waals surface area contributed by atoms with Crippen molar-refractivity contribution >= 4 is 8.80 Å². The molecular formula is C17H32N2O3Si. The smallest absolute Gasteiger partial charge is 0.377 e. The van der Waals surface area contributed by atoms with E-state index >= 15 is 0 Å². The average molecular weight is 341 g/mol. The third kappa shape index (κ3) is 8.60. The summed E-state index contributed by atoms with van der Waals surface area (Å²) in [6.45, 7) is 4.03. The zero-order valence-electron chi connectivity index (χ0n) is 14.8. The van der Waals surface area contributed by atoms with E-state index in [4.69, 9.17) is 13.3 Å². The fourth-order valence-corrected chi connectivity index (χ4v) is 4.25. The third-order valence-corrected chi connectivity index (χ3v) is 6.76. The summed E-state index contributed by atoms with van der Waals surface area (Å²) in [5, 5.41) is 6.92. The van der Waals surface area contributed by atoms with Gasteiger partial charge in [0.15, 0.2) is 0 Å². The lowest BCUT2D eigenvalue weighted by atomic mass is 10.1. The Balaban J connectivity index is 1.92. The summed E-state index contributed by atoms with van der Waals surface area (Å²) in [5.74, 6) is 0. The van der Waals surface area contributed by atoms with E-state index in [-0.39, 0.29) is 0 Å². The van der Waals surface area contributed by atoms with Gasteiger partial charge in [-0.15, -0.1) is 0 Å². The van der Waals surface area contributed by atoms with Crippen molar-refractivity contribution in [1.29, 1.82) is 0 Å². The van der Waals surface area contributed by atoms with Crippen LogP contribution in [0.1, 0.15) is 18.4 Å². The van der Waals surface area contributed by atoms with E-state index in [0.29, 0.717) is 0 Å². The first-order valence-corrected chi connectivity index (χ1v) is 10.3. The van der Waals surface area contributed by atoms with Crippen LogP contribution in [-0.4, -0.2) is 56.3 Å². The Morgan fingerprint density at radius 1 is 0.783 bits per heavy atom. The minimum absolute atomic E-state index is 0.869. The van der Waals surface area contributed by atoms with Crippen LogP contribution in [0.3, 0.4) is 0 Å². The SMILES string of the molecule is CO[Si](CCCCNCCNCCc1ccccc1)(OC)OC. The molecular weight excluding hydrogens is 308 g/mol. The van der Waals surface area contributed by atoms with Crippen molar-refractivity contribution in [3.63, 3.8) is 0 Å². The number of hydrogen-bond acceptors (Lipinski definition) is 5. The molecule has 0 aliphatic rings. The summed E-state index contributed by atoms with van der Waals surface area (Å²) < 4.78 is 16.2. The molecule has 5 nitrogen and oxygen atoms in total. The van der Waals surface area contributed by atoms with Crippen LogP contribution in [0.25, 0.3) is 0 Å². The van der Waals surface area contributed by atoms with Gasteiger partial charge in [-0.05, 0) is 37.9 Å². The highest BCUT2D eigenvalue weighted by atomic mass is 28.4. The lowest BCUT2D eigenvalue weighted by Crippen LogP contribution is -2.42. The van der Waals surface area contributed by atoms with E-state index in [0.717, 1.165) is 51.5 Å². The van der Waals surface area contributed by atoms with Crippen LogP contribution in [0.4, 0.5) is 0 Å². The topological polar surface area (TPSA) is 51.8 Å². The second kappa shape index (κ2) is 12.6. The minimum atomic E-state index is -2.38. The van der Waals surface area contributed by atoms with Gasteiger partial charge in [0.05, 0.1) is 0 Å². The molecule has 6 heteroatoms. The van der Waals surface area contributed by atoms with Gasteiger partial charge in [0.1, 0.15) is 0 Å². The van der Waals surface area contributed by atoms with Gasteiger partial charge in [-0.2, -0.15) is 0 Å². The molecule has 0 atom stereocenters. The van der Waals surface area contributed by atoms with Crippen molar-refractivity contribution in [1.82, 2.24) is 10.6 Å². The maximum Gasteiger partial charge on any atom is 0.500 e. The number of nitrogens with one attached hydrogen (secondary N) is 2. The van der Waals surface area contributed by atoms with Gasteiger partial charge in [-0.3, -0.25) is 0 Å². The lowest BCUT2D eigenvalue weighted by Gasteiger charge is -2.24. The van der Waals surface area contributed by atoms with E-state index < -0.39 is 8.80 Å². The monoisotopic (exact) mass is 340 g/mol. The summed E-state index contributed by atoms with van der Waals surface area (Å²) in [7, 11) is 2.62. The van der Waals surface area contributed by atoms with Gasteiger partial charge in [-0.1, -0.05) is 30.3 Å². The number of hydrogen-bond donors (Lipinski definition) is 2. The molecule has 132 valence electrons. The number of unbranched alkanes of at least 4 members (excludes halogenated alkanes) is 1. The molecule has 0 aliphatic heterocycles. The fraction of sp³-hybridized carbons (Fsp3) is 0.647. The third-order valence-electron chi connectivity index (χ3n) is 3.93. The molecule has 2 N–H and O–H groups in total. The predicted molar refractivity (Wildman–Crippen MR) is 96.7 cm³/mol. The van der Waals surface area contributed by atoms with E-state index in [2.05, 4.69) is 41.0 Å². The molecule has 0 spiro atoms. The minimum Gasteiger partial charge on any atom is -0.377 e. The Labute approximate surface area is 142 Å². The molecule has 1 aromatic carbocycles.